The zero-order chi connectivity index (χ0) is 14.7. The highest BCUT2D eigenvalue weighted by Gasteiger charge is 2.12. The summed E-state index contributed by atoms with van der Waals surface area (Å²) in [6.07, 6.45) is 1.62. The molecule has 3 aromatic rings. The van der Waals surface area contributed by atoms with E-state index in [4.69, 9.17) is 0 Å². The minimum Gasteiger partial charge on any atom is -0.392 e. The molecule has 104 valence electrons. The molecule has 3 rings (SSSR count). The molecule has 0 aliphatic rings. The van der Waals surface area contributed by atoms with Gasteiger partial charge in [0.2, 0.25) is 0 Å². The highest BCUT2D eigenvalue weighted by Crippen LogP contribution is 2.20. The summed E-state index contributed by atoms with van der Waals surface area (Å²) < 4.78 is 0. The zero-order valence-corrected chi connectivity index (χ0v) is 11.3. The second-order valence-corrected chi connectivity index (χ2v) is 4.65. The van der Waals surface area contributed by atoms with Gasteiger partial charge in [-0.05, 0) is 18.2 Å². The molecular weight excluding hydrogens is 264 g/mol. The van der Waals surface area contributed by atoms with E-state index >= 15 is 0 Å². The van der Waals surface area contributed by atoms with E-state index in [9.17, 15) is 9.90 Å². The smallest absolute Gasteiger partial charge is 0.256 e. The second kappa shape index (κ2) is 5.73. The molecule has 0 fully saturated rings. The third-order valence-corrected chi connectivity index (χ3v) is 3.33. The number of fused-ring (bicyclic) bond motifs is 1. The molecule has 21 heavy (non-hydrogen) atoms. The summed E-state index contributed by atoms with van der Waals surface area (Å²) in [6, 6.07) is 16.4. The Morgan fingerprint density at radius 3 is 2.67 bits per heavy atom. The number of aromatic nitrogens is 1. The number of amides is 1. The van der Waals surface area contributed by atoms with Crippen molar-refractivity contribution in [2.45, 2.75) is 6.61 Å². The van der Waals surface area contributed by atoms with Crippen LogP contribution >= 0.6 is 0 Å². The molecule has 1 amide bonds. The van der Waals surface area contributed by atoms with Crippen LogP contribution in [0.25, 0.3) is 10.9 Å². The number of aliphatic hydroxyl groups is 1. The van der Waals surface area contributed by atoms with Gasteiger partial charge in [0, 0.05) is 22.8 Å². The van der Waals surface area contributed by atoms with Crippen LogP contribution in [0.15, 0.2) is 60.8 Å². The molecule has 0 spiro atoms. The van der Waals surface area contributed by atoms with Crippen molar-refractivity contribution in [3.05, 3.63) is 71.9 Å². The lowest BCUT2D eigenvalue weighted by molar-refractivity contribution is 0.102. The van der Waals surface area contributed by atoms with Crippen LogP contribution in [0.4, 0.5) is 5.69 Å². The Hall–Kier alpha value is -2.72. The van der Waals surface area contributed by atoms with Crippen LogP contribution in [0.3, 0.4) is 0 Å². The summed E-state index contributed by atoms with van der Waals surface area (Å²) >= 11 is 0. The summed E-state index contributed by atoms with van der Waals surface area (Å²) in [6.45, 7) is -0.118. The van der Waals surface area contributed by atoms with Crippen molar-refractivity contribution in [2.75, 3.05) is 5.32 Å². The Morgan fingerprint density at radius 2 is 1.81 bits per heavy atom. The van der Waals surface area contributed by atoms with Crippen LogP contribution < -0.4 is 5.32 Å². The Balaban J connectivity index is 1.98. The van der Waals surface area contributed by atoms with E-state index in [2.05, 4.69) is 10.3 Å². The van der Waals surface area contributed by atoms with Crippen LogP contribution in [-0.2, 0) is 6.61 Å². The van der Waals surface area contributed by atoms with E-state index in [1.54, 1.807) is 24.4 Å². The summed E-state index contributed by atoms with van der Waals surface area (Å²) in [5.74, 6) is -0.213. The average Bonchev–Trinajstić information content (AvgIpc) is 2.54. The fraction of sp³-hybridized carbons (Fsp3) is 0.0588. The van der Waals surface area contributed by atoms with Gasteiger partial charge in [-0.1, -0.05) is 36.4 Å². The standard InChI is InChI=1S/C17H14N2O2/c20-11-12-5-1-3-7-15(12)19-17(21)14-9-10-18-16-8-4-2-6-13(14)16/h1-10,20H,11H2,(H,19,21). The first-order valence-electron chi connectivity index (χ1n) is 6.63. The van der Waals surface area contributed by atoms with Gasteiger partial charge >= 0.3 is 0 Å². The van der Waals surface area contributed by atoms with E-state index in [1.807, 2.05) is 36.4 Å². The quantitative estimate of drug-likeness (QED) is 0.774. The van der Waals surface area contributed by atoms with Crippen LogP contribution in [0.2, 0.25) is 0 Å². The van der Waals surface area contributed by atoms with Crippen molar-refractivity contribution < 1.29 is 9.90 Å². The minimum atomic E-state index is -0.213. The maximum Gasteiger partial charge on any atom is 0.256 e. The molecule has 2 aromatic carbocycles. The Bertz CT molecular complexity index is 794. The van der Waals surface area contributed by atoms with Crippen LogP contribution in [0.5, 0.6) is 0 Å². The maximum atomic E-state index is 12.5. The normalized spacial score (nSPS) is 10.5. The van der Waals surface area contributed by atoms with Crippen molar-refractivity contribution in [2.24, 2.45) is 0 Å². The number of pyridine rings is 1. The molecule has 2 N–H and O–H groups in total. The molecule has 4 heteroatoms. The fourth-order valence-electron chi connectivity index (χ4n) is 2.26. The highest BCUT2D eigenvalue weighted by molar-refractivity contribution is 6.12. The van der Waals surface area contributed by atoms with Crippen molar-refractivity contribution in [1.29, 1.82) is 0 Å². The largest absolute Gasteiger partial charge is 0.392 e. The molecule has 0 saturated heterocycles. The van der Waals surface area contributed by atoms with Gasteiger partial charge < -0.3 is 10.4 Å². The van der Waals surface area contributed by atoms with E-state index in [0.29, 0.717) is 16.8 Å². The van der Waals surface area contributed by atoms with E-state index in [1.165, 1.54) is 0 Å². The molecule has 1 heterocycles. The lowest BCUT2D eigenvalue weighted by Gasteiger charge is -2.10. The predicted molar refractivity (Wildman–Crippen MR) is 82.1 cm³/mol. The van der Waals surface area contributed by atoms with Gasteiger partial charge in [0.25, 0.3) is 5.91 Å². The first-order chi connectivity index (χ1) is 10.3. The Kier molecular flexibility index (Phi) is 3.62. The van der Waals surface area contributed by atoms with Gasteiger partial charge in [0.05, 0.1) is 17.7 Å². The van der Waals surface area contributed by atoms with E-state index < -0.39 is 0 Å². The molecule has 0 unspecified atom stereocenters. The van der Waals surface area contributed by atoms with Crippen LogP contribution in [0, 0.1) is 0 Å². The summed E-state index contributed by atoms with van der Waals surface area (Å²) in [7, 11) is 0. The number of rotatable bonds is 3. The Morgan fingerprint density at radius 1 is 1.05 bits per heavy atom. The van der Waals surface area contributed by atoms with Gasteiger partial charge in [-0.3, -0.25) is 9.78 Å². The molecular formula is C17H14N2O2. The van der Waals surface area contributed by atoms with E-state index in [-0.39, 0.29) is 12.5 Å². The number of nitrogens with one attached hydrogen (secondary N) is 1. The molecule has 1 aromatic heterocycles. The molecule has 4 nitrogen and oxygen atoms in total. The molecule has 0 aliphatic carbocycles. The van der Waals surface area contributed by atoms with Crippen molar-refractivity contribution in [1.82, 2.24) is 4.98 Å². The maximum absolute atomic E-state index is 12.5. The number of anilines is 1. The second-order valence-electron chi connectivity index (χ2n) is 4.65. The number of carbonyl (C=O) groups is 1. The molecule has 0 aliphatic heterocycles. The van der Waals surface area contributed by atoms with Gasteiger partial charge in [-0.15, -0.1) is 0 Å². The lowest BCUT2D eigenvalue weighted by Crippen LogP contribution is -2.14. The van der Waals surface area contributed by atoms with Gasteiger partial charge in [-0.25, -0.2) is 0 Å². The van der Waals surface area contributed by atoms with Crippen molar-refractivity contribution >= 4 is 22.5 Å². The number of benzene rings is 2. The highest BCUT2D eigenvalue weighted by atomic mass is 16.3. The topological polar surface area (TPSA) is 62.2 Å². The lowest BCUT2D eigenvalue weighted by atomic mass is 10.1. The van der Waals surface area contributed by atoms with Crippen molar-refractivity contribution in [3.63, 3.8) is 0 Å². The third-order valence-electron chi connectivity index (χ3n) is 3.33. The number of para-hydroxylation sites is 2. The Labute approximate surface area is 122 Å². The monoisotopic (exact) mass is 278 g/mol. The third kappa shape index (κ3) is 2.61. The number of nitrogens with zero attached hydrogens (tertiary/aromatic N) is 1. The molecule has 0 bridgehead atoms. The van der Waals surface area contributed by atoms with E-state index in [0.717, 1.165) is 10.9 Å². The van der Waals surface area contributed by atoms with Crippen molar-refractivity contribution in [3.8, 4) is 0 Å². The first-order valence-corrected chi connectivity index (χ1v) is 6.63. The number of hydrogen-bond donors (Lipinski definition) is 2. The predicted octanol–water partition coefficient (Wildman–Crippen LogP) is 2.98. The summed E-state index contributed by atoms with van der Waals surface area (Å²) in [4.78, 5) is 16.7. The first kappa shape index (κ1) is 13.3. The minimum absolute atomic E-state index is 0.118. The number of carbonyl (C=O) groups excluding carboxylic acids is 1. The summed E-state index contributed by atoms with van der Waals surface area (Å²) in [5, 5.41) is 13.0. The number of aliphatic hydroxyl groups excluding tert-OH is 1. The van der Waals surface area contributed by atoms with Crippen LogP contribution in [-0.4, -0.2) is 16.0 Å². The van der Waals surface area contributed by atoms with Gasteiger partial charge in [0.1, 0.15) is 0 Å². The summed E-state index contributed by atoms with van der Waals surface area (Å²) in [5.41, 5.74) is 2.64. The molecule has 0 saturated carbocycles. The zero-order valence-electron chi connectivity index (χ0n) is 11.3. The average molecular weight is 278 g/mol. The SMILES string of the molecule is O=C(Nc1ccccc1CO)c1ccnc2ccccc12. The van der Waals surface area contributed by atoms with Crippen LogP contribution in [0.1, 0.15) is 15.9 Å². The van der Waals surface area contributed by atoms with Gasteiger partial charge in [-0.2, -0.15) is 0 Å². The molecule has 0 atom stereocenters. The number of hydrogen-bond acceptors (Lipinski definition) is 3. The van der Waals surface area contributed by atoms with Gasteiger partial charge in [0.15, 0.2) is 0 Å². The fourth-order valence-corrected chi connectivity index (χ4v) is 2.26. The molecule has 0 radical (unpaired) electrons.